The van der Waals surface area contributed by atoms with E-state index < -0.39 is 5.25 Å². The SMILES string of the molecule is Cc1cc(NC(=O)[C@@H](C)Sc2nnnn2-c2ccccc2C)no1. The Morgan fingerprint density at radius 1 is 1.33 bits per heavy atom. The highest BCUT2D eigenvalue weighted by molar-refractivity contribution is 8.00. The van der Waals surface area contributed by atoms with Gasteiger partial charge in [0, 0.05) is 6.07 Å². The lowest BCUT2D eigenvalue weighted by molar-refractivity contribution is -0.115. The molecule has 0 spiro atoms. The van der Waals surface area contributed by atoms with Crippen LogP contribution in [0.4, 0.5) is 5.82 Å². The van der Waals surface area contributed by atoms with Crippen molar-refractivity contribution in [1.29, 1.82) is 0 Å². The number of hydrogen-bond acceptors (Lipinski definition) is 7. The summed E-state index contributed by atoms with van der Waals surface area (Å²) >= 11 is 1.27. The Morgan fingerprint density at radius 3 is 2.83 bits per heavy atom. The third kappa shape index (κ3) is 3.46. The van der Waals surface area contributed by atoms with Crippen molar-refractivity contribution in [3.05, 3.63) is 41.7 Å². The number of carbonyl (C=O) groups excluding carboxylic acids is 1. The normalized spacial score (nSPS) is 12.1. The Kier molecular flexibility index (Phi) is 4.61. The largest absolute Gasteiger partial charge is 0.360 e. The van der Waals surface area contributed by atoms with Crippen molar-refractivity contribution in [3.8, 4) is 5.69 Å². The van der Waals surface area contributed by atoms with Crippen molar-refractivity contribution in [2.75, 3.05) is 5.32 Å². The molecule has 1 amide bonds. The Labute approximate surface area is 142 Å². The molecule has 8 nitrogen and oxygen atoms in total. The van der Waals surface area contributed by atoms with E-state index in [1.54, 1.807) is 24.6 Å². The van der Waals surface area contributed by atoms with Crippen LogP contribution in [0.25, 0.3) is 5.69 Å². The second-order valence-electron chi connectivity index (χ2n) is 5.23. The Balaban J connectivity index is 1.73. The molecule has 2 heterocycles. The summed E-state index contributed by atoms with van der Waals surface area (Å²) in [5.74, 6) is 0.824. The molecule has 0 aliphatic heterocycles. The molecule has 124 valence electrons. The summed E-state index contributed by atoms with van der Waals surface area (Å²) in [5.41, 5.74) is 1.92. The topological polar surface area (TPSA) is 98.7 Å². The van der Waals surface area contributed by atoms with Crippen LogP contribution in [0.3, 0.4) is 0 Å². The van der Waals surface area contributed by atoms with Gasteiger partial charge in [0.2, 0.25) is 11.1 Å². The van der Waals surface area contributed by atoms with E-state index in [1.807, 2.05) is 31.2 Å². The zero-order valence-electron chi connectivity index (χ0n) is 13.4. The van der Waals surface area contributed by atoms with Crippen LogP contribution in [0.15, 0.2) is 40.0 Å². The highest BCUT2D eigenvalue weighted by Gasteiger charge is 2.20. The van der Waals surface area contributed by atoms with Gasteiger partial charge in [-0.25, -0.2) is 0 Å². The van der Waals surface area contributed by atoms with Crippen molar-refractivity contribution < 1.29 is 9.32 Å². The summed E-state index contributed by atoms with van der Waals surface area (Å²) in [4.78, 5) is 12.3. The minimum atomic E-state index is -0.407. The van der Waals surface area contributed by atoms with Crippen molar-refractivity contribution in [2.45, 2.75) is 31.2 Å². The number of benzene rings is 1. The molecule has 1 aromatic carbocycles. The van der Waals surface area contributed by atoms with Gasteiger partial charge in [-0.05, 0) is 42.8 Å². The third-order valence-corrected chi connectivity index (χ3v) is 4.35. The van der Waals surface area contributed by atoms with E-state index in [0.29, 0.717) is 16.7 Å². The van der Waals surface area contributed by atoms with Crippen LogP contribution >= 0.6 is 11.8 Å². The predicted molar refractivity (Wildman–Crippen MR) is 89.1 cm³/mol. The number of para-hydroxylation sites is 1. The van der Waals surface area contributed by atoms with Crippen LogP contribution in [0.1, 0.15) is 18.2 Å². The summed E-state index contributed by atoms with van der Waals surface area (Å²) in [6.07, 6.45) is 0. The third-order valence-electron chi connectivity index (χ3n) is 3.32. The fraction of sp³-hybridized carbons (Fsp3) is 0.267. The number of amides is 1. The molecule has 24 heavy (non-hydrogen) atoms. The maximum Gasteiger partial charge on any atom is 0.238 e. The highest BCUT2D eigenvalue weighted by Crippen LogP contribution is 2.25. The number of carbonyl (C=O) groups is 1. The van der Waals surface area contributed by atoms with E-state index in [1.165, 1.54) is 11.8 Å². The number of tetrazole rings is 1. The van der Waals surface area contributed by atoms with E-state index in [4.69, 9.17) is 4.52 Å². The maximum atomic E-state index is 12.3. The molecular weight excluding hydrogens is 328 g/mol. The van der Waals surface area contributed by atoms with Crippen molar-refractivity contribution >= 4 is 23.5 Å². The fourth-order valence-electron chi connectivity index (χ4n) is 2.07. The monoisotopic (exact) mass is 344 g/mol. The van der Waals surface area contributed by atoms with Crippen molar-refractivity contribution in [3.63, 3.8) is 0 Å². The van der Waals surface area contributed by atoms with E-state index in [2.05, 4.69) is 26.0 Å². The Bertz CT molecular complexity index is 859. The van der Waals surface area contributed by atoms with Crippen LogP contribution in [-0.4, -0.2) is 36.5 Å². The fourth-order valence-corrected chi connectivity index (χ4v) is 2.87. The number of nitrogens with one attached hydrogen (secondary N) is 1. The lowest BCUT2D eigenvalue weighted by Gasteiger charge is -2.11. The Hall–Kier alpha value is -2.68. The van der Waals surface area contributed by atoms with Crippen LogP contribution in [0.5, 0.6) is 0 Å². The molecule has 0 saturated carbocycles. The number of aromatic nitrogens is 5. The van der Waals surface area contributed by atoms with E-state index in [-0.39, 0.29) is 5.91 Å². The number of anilines is 1. The molecule has 0 saturated heterocycles. The van der Waals surface area contributed by atoms with Gasteiger partial charge in [-0.3, -0.25) is 4.79 Å². The minimum Gasteiger partial charge on any atom is -0.360 e. The average Bonchev–Trinajstić information content (AvgIpc) is 3.17. The summed E-state index contributed by atoms with van der Waals surface area (Å²) in [6, 6.07) is 9.44. The first-order chi connectivity index (χ1) is 11.5. The van der Waals surface area contributed by atoms with Gasteiger partial charge in [0.25, 0.3) is 0 Å². The lowest BCUT2D eigenvalue weighted by atomic mass is 10.2. The van der Waals surface area contributed by atoms with Crippen molar-refractivity contribution in [2.24, 2.45) is 0 Å². The Morgan fingerprint density at radius 2 is 2.12 bits per heavy atom. The summed E-state index contributed by atoms with van der Waals surface area (Å²) in [6.45, 7) is 5.52. The lowest BCUT2D eigenvalue weighted by Crippen LogP contribution is -2.23. The molecule has 0 aliphatic carbocycles. The van der Waals surface area contributed by atoms with Crippen LogP contribution in [0.2, 0.25) is 0 Å². The summed E-state index contributed by atoms with van der Waals surface area (Å²) < 4.78 is 6.56. The first-order valence-electron chi connectivity index (χ1n) is 7.30. The number of aryl methyl sites for hydroxylation is 2. The molecular formula is C15H16N6O2S. The first-order valence-corrected chi connectivity index (χ1v) is 8.18. The zero-order valence-corrected chi connectivity index (χ0v) is 14.2. The van der Waals surface area contributed by atoms with Crippen LogP contribution < -0.4 is 5.32 Å². The van der Waals surface area contributed by atoms with Gasteiger partial charge in [-0.15, -0.1) is 5.10 Å². The highest BCUT2D eigenvalue weighted by atomic mass is 32.2. The molecule has 1 N–H and O–H groups in total. The first kappa shape index (κ1) is 16.2. The van der Waals surface area contributed by atoms with Crippen LogP contribution in [0, 0.1) is 13.8 Å². The minimum absolute atomic E-state index is 0.201. The van der Waals surface area contributed by atoms with Gasteiger partial charge >= 0.3 is 0 Å². The van der Waals surface area contributed by atoms with E-state index >= 15 is 0 Å². The van der Waals surface area contributed by atoms with Gasteiger partial charge < -0.3 is 9.84 Å². The molecule has 2 aromatic heterocycles. The van der Waals surface area contributed by atoms with E-state index in [0.717, 1.165) is 11.3 Å². The van der Waals surface area contributed by atoms with Gasteiger partial charge in [0.1, 0.15) is 5.76 Å². The molecule has 0 aliphatic rings. The second kappa shape index (κ2) is 6.83. The van der Waals surface area contributed by atoms with Gasteiger partial charge in [0.15, 0.2) is 5.82 Å². The predicted octanol–water partition coefficient (Wildman–Crippen LogP) is 2.39. The molecule has 0 bridgehead atoms. The molecule has 3 aromatic rings. The molecule has 9 heteroatoms. The number of nitrogens with zero attached hydrogens (tertiary/aromatic N) is 5. The molecule has 3 rings (SSSR count). The number of rotatable bonds is 5. The number of thioether (sulfide) groups is 1. The van der Waals surface area contributed by atoms with Gasteiger partial charge in [0.05, 0.1) is 10.9 Å². The zero-order chi connectivity index (χ0) is 17.1. The average molecular weight is 344 g/mol. The van der Waals surface area contributed by atoms with Gasteiger partial charge in [-0.2, -0.15) is 4.68 Å². The summed E-state index contributed by atoms with van der Waals surface area (Å²) in [7, 11) is 0. The van der Waals surface area contributed by atoms with Gasteiger partial charge in [-0.1, -0.05) is 35.1 Å². The summed E-state index contributed by atoms with van der Waals surface area (Å²) in [5, 5.41) is 18.4. The van der Waals surface area contributed by atoms with E-state index in [9.17, 15) is 4.79 Å². The standard InChI is InChI=1S/C15H16N6O2S/c1-9-6-4-5-7-12(9)21-15(17-19-20-21)24-11(3)14(22)16-13-8-10(2)23-18-13/h4-8,11H,1-3H3,(H,16,18,22)/t11-/m1/s1. The smallest absolute Gasteiger partial charge is 0.238 e. The molecule has 0 unspecified atom stereocenters. The quantitative estimate of drug-likeness (QED) is 0.709. The molecule has 0 radical (unpaired) electrons. The molecule has 1 atom stereocenters. The maximum absolute atomic E-state index is 12.3. The molecule has 0 fully saturated rings. The number of hydrogen-bond donors (Lipinski definition) is 1. The second-order valence-corrected chi connectivity index (χ2v) is 6.54. The van der Waals surface area contributed by atoms with Crippen molar-refractivity contribution in [1.82, 2.24) is 25.4 Å². The van der Waals surface area contributed by atoms with Crippen LogP contribution in [-0.2, 0) is 4.79 Å².